The van der Waals surface area contributed by atoms with E-state index < -0.39 is 35.3 Å². The predicted molar refractivity (Wildman–Crippen MR) is 86.7 cm³/mol. The molecule has 2 fully saturated rings. The van der Waals surface area contributed by atoms with Crippen LogP contribution in [0.25, 0.3) is 0 Å². The van der Waals surface area contributed by atoms with Crippen LogP contribution >= 0.6 is 0 Å². The fraction of sp³-hybridized carbons (Fsp3) is 0.812. The smallest absolute Gasteiger partial charge is 0.411 e. The van der Waals surface area contributed by atoms with Gasteiger partial charge in [0, 0.05) is 25.2 Å². The maximum absolute atomic E-state index is 12.6. The Morgan fingerprint density at radius 1 is 1.12 bits per heavy atom. The Hall–Kier alpha value is -1.99. The molecule has 8 nitrogen and oxygen atoms in total. The molecule has 2 unspecified atom stereocenters. The molecule has 0 aromatic carbocycles. The van der Waals surface area contributed by atoms with Crippen LogP contribution in [0.5, 0.6) is 0 Å². The molecule has 2 aliphatic rings. The summed E-state index contributed by atoms with van der Waals surface area (Å²) < 4.78 is 5.33. The molecule has 2 aliphatic heterocycles. The van der Waals surface area contributed by atoms with Gasteiger partial charge in [0.1, 0.15) is 5.60 Å². The molecule has 0 aliphatic carbocycles. The van der Waals surface area contributed by atoms with Gasteiger partial charge in [0.25, 0.3) is 0 Å². The van der Waals surface area contributed by atoms with Crippen molar-refractivity contribution in [2.24, 2.45) is 0 Å². The number of urea groups is 1. The first-order valence-electron chi connectivity index (χ1n) is 8.13. The normalized spacial score (nSPS) is 24.9. The SMILES string of the molecule is CC(C)(C)OC(=O)N1CCN2C(=O)N(C(C)(C)C)CC2C1C(=O)O. The van der Waals surface area contributed by atoms with E-state index in [2.05, 4.69) is 0 Å². The minimum absolute atomic E-state index is 0.145. The van der Waals surface area contributed by atoms with E-state index in [9.17, 15) is 19.5 Å². The number of aliphatic carboxylic acids is 1. The number of amides is 3. The Morgan fingerprint density at radius 3 is 2.17 bits per heavy atom. The van der Waals surface area contributed by atoms with Crippen molar-refractivity contribution in [3.8, 4) is 0 Å². The summed E-state index contributed by atoms with van der Waals surface area (Å²) in [5.41, 5.74) is -1.12. The monoisotopic (exact) mass is 341 g/mol. The van der Waals surface area contributed by atoms with E-state index in [4.69, 9.17) is 4.74 Å². The molecular weight excluding hydrogens is 314 g/mol. The molecule has 24 heavy (non-hydrogen) atoms. The number of carbonyl (C=O) groups is 3. The highest BCUT2D eigenvalue weighted by molar-refractivity contribution is 5.85. The van der Waals surface area contributed by atoms with Crippen LogP contribution in [-0.2, 0) is 9.53 Å². The molecule has 0 spiro atoms. The first-order chi connectivity index (χ1) is 10.8. The van der Waals surface area contributed by atoms with Crippen molar-refractivity contribution in [2.45, 2.75) is 64.8 Å². The minimum atomic E-state index is -1.13. The standard InChI is InChI=1S/C16H27N3O5/c1-15(2,3)19-9-10-11(12(20)21)18(8-7-17(10)13(19)22)14(23)24-16(4,5)6/h10-11H,7-9H2,1-6H3,(H,20,21). The molecule has 0 radical (unpaired) electrons. The van der Waals surface area contributed by atoms with Crippen LogP contribution in [0.3, 0.4) is 0 Å². The summed E-state index contributed by atoms with van der Waals surface area (Å²) in [4.78, 5) is 41.3. The summed E-state index contributed by atoms with van der Waals surface area (Å²) in [6.07, 6.45) is -0.656. The fourth-order valence-corrected chi connectivity index (χ4v) is 3.14. The van der Waals surface area contributed by atoms with Crippen LogP contribution in [0.4, 0.5) is 9.59 Å². The largest absolute Gasteiger partial charge is 0.480 e. The highest BCUT2D eigenvalue weighted by Crippen LogP contribution is 2.31. The summed E-state index contributed by atoms with van der Waals surface area (Å²) in [7, 11) is 0. The second-order valence-corrected chi connectivity index (χ2v) is 8.28. The number of nitrogens with zero attached hydrogens (tertiary/aromatic N) is 3. The number of hydrogen-bond acceptors (Lipinski definition) is 4. The van der Waals surface area contributed by atoms with Crippen LogP contribution in [0.15, 0.2) is 0 Å². The van der Waals surface area contributed by atoms with Crippen LogP contribution in [-0.4, -0.2) is 80.8 Å². The minimum Gasteiger partial charge on any atom is -0.480 e. The van der Waals surface area contributed by atoms with Crippen LogP contribution in [0.2, 0.25) is 0 Å². The van der Waals surface area contributed by atoms with Gasteiger partial charge in [0.05, 0.1) is 6.04 Å². The zero-order chi connectivity index (χ0) is 18.4. The third-order valence-electron chi connectivity index (χ3n) is 4.22. The summed E-state index contributed by atoms with van der Waals surface area (Å²) in [6, 6.07) is -1.86. The number of fused-ring (bicyclic) bond motifs is 1. The lowest BCUT2D eigenvalue weighted by Crippen LogP contribution is -2.63. The number of carboxylic acids is 1. The maximum atomic E-state index is 12.6. The molecule has 0 aromatic rings. The number of carbonyl (C=O) groups excluding carboxylic acids is 2. The van der Waals surface area contributed by atoms with Gasteiger partial charge in [-0.3, -0.25) is 4.90 Å². The lowest BCUT2D eigenvalue weighted by atomic mass is 10.0. The van der Waals surface area contributed by atoms with Crippen LogP contribution in [0, 0.1) is 0 Å². The Kier molecular flexibility index (Phi) is 4.45. The molecule has 2 saturated heterocycles. The number of carboxylic acid groups (broad SMARTS) is 1. The van der Waals surface area contributed by atoms with Gasteiger partial charge in [-0.25, -0.2) is 14.4 Å². The molecule has 1 N–H and O–H groups in total. The van der Waals surface area contributed by atoms with E-state index >= 15 is 0 Å². The molecule has 8 heteroatoms. The molecule has 0 aromatic heterocycles. The number of ether oxygens (including phenoxy) is 1. The second-order valence-electron chi connectivity index (χ2n) is 8.28. The number of rotatable bonds is 1. The van der Waals surface area contributed by atoms with Crippen molar-refractivity contribution in [1.29, 1.82) is 0 Å². The third kappa shape index (κ3) is 3.42. The van der Waals surface area contributed by atoms with Crippen molar-refractivity contribution in [3.63, 3.8) is 0 Å². The fourth-order valence-electron chi connectivity index (χ4n) is 3.14. The van der Waals surface area contributed by atoms with Crippen molar-refractivity contribution in [2.75, 3.05) is 19.6 Å². The Morgan fingerprint density at radius 2 is 1.71 bits per heavy atom. The van der Waals surface area contributed by atoms with Crippen molar-refractivity contribution in [3.05, 3.63) is 0 Å². The van der Waals surface area contributed by atoms with E-state index in [1.165, 1.54) is 4.90 Å². The van der Waals surface area contributed by atoms with Crippen molar-refractivity contribution < 1.29 is 24.2 Å². The predicted octanol–water partition coefficient (Wildman–Crippen LogP) is 1.60. The van der Waals surface area contributed by atoms with E-state index in [0.717, 1.165) is 0 Å². The lowest BCUT2D eigenvalue weighted by molar-refractivity contribution is -0.147. The highest BCUT2D eigenvalue weighted by Gasteiger charge is 2.53. The topological polar surface area (TPSA) is 90.4 Å². The zero-order valence-electron chi connectivity index (χ0n) is 15.2. The average Bonchev–Trinajstić information content (AvgIpc) is 2.73. The van der Waals surface area contributed by atoms with E-state index in [1.54, 1.807) is 30.6 Å². The summed E-state index contributed by atoms with van der Waals surface area (Å²) >= 11 is 0. The van der Waals surface area contributed by atoms with Crippen molar-refractivity contribution in [1.82, 2.24) is 14.7 Å². The van der Waals surface area contributed by atoms with Gasteiger partial charge in [-0.05, 0) is 41.5 Å². The van der Waals surface area contributed by atoms with E-state index in [0.29, 0.717) is 6.54 Å². The molecule has 3 amide bonds. The Bertz CT molecular complexity index is 549. The molecule has 0 bridgehead atoms. The molecule has 2 rings (SSSR count). The second kappa shape index (κ2) is 5.82. The summed E-state index contributed by atoms with van der Waals surface area (Å²) in [5.74, 6) is -1.13. The van der Waals surface area contributed by atoms with Gasteiger partial charge < -0.3 is 19.6 Å². The van der Waals surface area contributed by atoms with Gasteiger partial charge in [0.15, 0.2) is 6.04 Å². The van der Waals surface area contributed by atoms with Gasteiger partial charge in [-0.2, -0.15) is 0 Å². The maximum Gasteiger partial charge on any atom is 0.411 e. The molecule has 136 valence electrons. The zero-order valence-corrected chi connectivity index (χ0v) is 15.2. The number of hydrogen-bond donors (Lipinski definition) is 1. The van der Waals surface area contributed by atoms with Gasteiger partial charge in [-0.15, -0.1) is 0 Å². The highest BCUT2D eigenvalue weighted by atomic mass is 16.6. The Balaban J connectivity index is 2.27. The Labute approximate surface area is 142 Å². The van der Waals surface area contributed by atoms with E-state index in [1.807, 2.05) is 20.8 Å². The number of piperazine rings is 1. The van der Waals surface area contributed by atoms with Gasteiger partial charge in [-0.1, -0.05) is 0 Å². The average molecular weight is 341 g/mol. The van der Waals surface area contributed by atoms with Crippen molar-refractivity contribution >= 4 is 18.1 Å². The molecular formula is C16H27N3O5. The van der Waals surface area contributed by atoms with Crippen LogP contribution in [0.1, 0.15) is 41.5 Å². The van der Waals surface area contributed by atoms with E-state index in [-0.39, 0.29) is 19.1 Å². The quantitative estimate of drug-likeness (QED) is 0.782. The summed E-state index contributed by atoms with van der Waals surface area (Å²) in [5, 5.41) is 9.67. The third-order valence-corrected chi connectivity index (χ3v) is 4.22. The summed E-state index contributed by atoms with van der Waals surface area (Å²) in [6.45, 7) is 11.6. The first-order valence-corrected chi connectivity index (χ1v) is 8.13. The van der Waals surface area contributed by atoms with Crippen LogP contribution < -0.4 is 0 Å². The molecule has 2 atom stereocenters. The molecule has 0 saturated carbocycles. The lowest BCUT2D eigenvalue weighted by Gasteiger charge is -2.41. The van der Waals surface area contributed by atoms with Gasteiger partial charge in [0.2, 0.25) is 0 Å². The first kappa shape index (κ1) is 18.4. The molecule has 2 heterocycles. The van der Waals surface area contributed by atoms with Gasteiger partial charge >= 0.3 is 18.1 Å².